The van der Waals surface area contributed by atoms with Crippen molar-refractivity contribution in [1.82, 2.24) is 4.98 Å². The van der Waals surface area contributed by atoms with Crippen LogP contribution in [-0.4, -0.2) is 9.81 Å². The molecule has 2 heteroatoms. The SMILES string of the molecule is CC(c1ccncc1)C(Br)C1C2CCCC21. The van der Waals surface area contributed by atoms with Gasteiger partial charge in [-0.1, -0.05) is 29.3 Å². The maximum absolute atomic E-state index is 4.09. The van der Waals surface area contributed by atoms with E-state index in [1.165, 1.54) is 24.8 Å². The molecule has 2 aliphatic carbocycles. The van der Waals surface area contributed by atoms with E-state index in [0.29, 0.717) is 10.7 Å². The molecule has 1 aromatic rings. The Hall–Kier alpha value is -0.370. The van der Waals surface area contributed by atoms with Gasteiger partial charge in [0.15, 0.2) is 0 Å². The molecule has 4 unspecified atom stereocenters. The van der Waals surface area contributed by atoms with Crippen LogP contribution >= 0.6 is 15.9 Å². The number of pyridine rings is 1. The molecule has 1 nitrogen and oxygen atoms in total. The van der Waals surface area contributed by atoms with Gasteiger partial charge in [-0.2, -0.15) is 0 Å². The van der Waals surface area contributed by atoms with Crippen molar-refractivity contribution in [2.24, 2.45) is 17.8 Å². The highest BCUT2D eigenvalue weighted by molar-refractivity contribution is 9.09. The molecule has 0 aliphatic heterocycles. The summed E-state index contributed by atoms with van der Waals surface area (Å²) in [6.45, 7) is 2.34. The molecule has 0 saturated heterocycles. The van der Waals surface area contributed by atoms with E-state index < -0.39 is 0 Å². The second-order valence-corrected chi connectivity index (χ2v) is 6.41. The fourth-order valence-electron chi connectivity index (χ4n) is 3.53. The van der Waals surface area contributed by atoms with Gasteiger partial charge in [0, 0.05) is 17.2 Å². The fourth-order valence-corrected chi connectivity index (χ4v) is 4.62. The summed E-state index contributed by atoms with van der Waals surface area (Å²) in [5.74, 6) is 3.62. The first-order chi connectivity index (χ1) is 7.79. The zero-order chi connectivity index (χ0) is 11.1. The first-order valence-electron chi connectivity index (χ1n) is 6.33. The van der Waals surface area contributed by atoms with Crippen LogP contribution in [0.5, 0.6) is 0 Å². The number of halogens is 1. The maximum Gasteiger partial charge on any atom is 0.0270 e. The van der Waals surface area contributed by atoms with E-state index in [0.717, 1.165) is 17.8 Å². The van der Waals surface area contributed by atoms with E-state index in [2.05, 4.69) is 40.0 Å². The summed E-state index contributed by atoms with van der Waals surface area (Å²) in [6.07, 6.45) is 8.22. The van der Waals surface area contributed by atoms with Gasteiger partial charge in [-0.25, -0.2) is 0 Å². The third-order valence-electron chi connectivity index (χ3n) is 4.55. The Morgan fingerprint density at radius 1 is 1.25 bits per heavy atom. The number of fused-ring (bicyclic) bond motifs is 1. The maximum atomic E-state index is 4.09. The molecule has 4 atom stereocenters. The Morgan fingerprint density at radius 3 is 2.50 bits per heavy atom. The van der Waals surface area contributed by atoms with Crippen LogP contribution in [0.3, 0.4) is 0 Å². The smallest absolute Gasteiger partial charge is 0.0270 e. The normalized spacial score (nSPS) is 35.5. The van der Waals surface area contributed by atoms with Crippen LogP contribution in [0.4, 0.5) is 0 Å². The molecular formula is C14H18BrN. The van der Waals surface area contributed by atoms with Crippen LogP contribution in [0.1, 0.15) is 37.7 Å². The fraction of sp³-hybridized carbons (Fsp3) is 0.643. The molecule has 2 fully saturated rings. The quantitative estimate of drug-likeness (QED) is 0.763. The number of aromatic nitrogens is 1. The molecule has 0 N–H and O–H groups in total. The predicted octanol–water partition coefficient (Wildman–Crippen LogP) is 3.99. The van der Waals surface area contributed by atoms with Crippen molar-refractivity contribution in [3.63, 3.8) is 0 Å². The summed E-state index contributed by atoms with van der Waals surface area (Å²) in [4.78, 5) is 4.75. The lowest BCUT2D eigenvalue weighted by Gasteiger charge is -2.20. The Bertz CT molecular complexity index is 354. The van der Waals surface area contributed by atoms with Gasteiger partial charge in [0.2, 0.25) is 0 Å². The van der Waals surface area contributed by atoms with Crippen molar-refractivity contribution in [2.45, 2.75) is 36.9 Å². The molecule has 1 heterocycles. The first kappa shape index (κ1) is 10.8. The van der Waals surface area contributed by atoms with E-state index in [1.54, 1.807) is 0 Å². The number of hydrogen-bond acceptors (Lipinski definition) is 1. The van der Waals surface area contributed by atoms with Gasteiger partial charge >= 0.3 is 0 Å². The molecule has 2 aliphatic rings. The van der Waals surface area contributed by atoms with Crippen molar-refractivity contribution in [3.05, 3.63) is 30.1 Å². The van der Waals surface area contributed by atoms with Gasteiger partial charge in [-0.05, 0) is 54.2 Å². The molecule has 0 amide bonds. The van der Waals surface area contributed by atoms with Crippen molar-refractivity contribution >= 4 is 15.9 Å². The van der Waals surface area contributed by atoms with Crippen LogP contribution in [0.25, 0.3) is 0 Å². The average Bonchev–Trinajstić information content (AvgIpc) is 2.81. The summed E-state index contributed by atoms with van der Waals surface area (Å²) >= 11 is 3.94. The summed E-state index contributed by atoms with van der Waals surface area (Å²) in [5, 5.41) is 0. The van der Waals surface area contributed by atoms with Crippen LogP contribution < -0.4 is 0 Å². The monoisotopic (exact) mass is 279 g/mol. The number of alkyl halides is 1. The van der Waals surface area contributed by atoms with Crippen molar-refractivity contribution in [3.8, 4) is 0 Å². The highest BCUT2D eigenvalue weighted by atomic mass is 79.9. The Balaban J connectivity index is 1.69. The van der Waals surface area contributed by atoms with Crippen molar-refractivity contribution in [2.75, 3.05) is 0 Å². The standard InChI is InChI=1S/C14H18BrN/c1-9(10-5-7-16-8-6-10)14(15)13-11-3-2-4-12(11)13/h5-9,11-14H,2-4H2,1H3. The first-order valence-corrected chi connectivity index (χ1v) is 7.24. The molecule has 3 rings (SSSR count). The molecule has 0 bridgehead atoms. The predicted molar refractivity (Wildman–Crippen MR) is 69.7 cm³/mol. The Kier molecular flexibility index (Phi) is 2.78. The molecule has 0 radical (unpaired) electrons. The van der Waals surface area contributed by atoms with E-state index >= 15 is 0 Å². The van der Waals surface area contributed by atoms with Gasteiger partial charge in [0.25, 0.3) is 0 Å². The Morgan fingerprint density at radius 2 is 1.88 bits per heavy atom. The molecule has 86 valence electrons. The zero-order valence-electron chi connectivity index (χ0n) is 9.64. The van der Waals surface area contributed by atoms with E-state index in [-0.39, 0.29) is 0 Å². The van der Waals surface area contributed by atoms with Gasteiger partial charge in [-0.15, -0.1) is 0 Å². The lowest BCUT2D eigenvalue weighted by atomic mass is 9.93. The van der Waals surface area contributed by atoms with Gasteiger partial charge < -0.3 is 0 Å². The van der Waals surface area contributed by atoms with Gasteiger partial charge in [0.05, 0.1) is 0 Å². The molecule has 1 aromatic heterocycles. The highest BCUT2D eigenvalue weighted by Gasteiger charge is 2.56. The van der Waals surface area contributed by atoms with Crippen molar-refractivity contribution in [1.29, 1.82) is 0 Å². The highest BCUT2D eigenvalue weighted by Crippen LogP contribution is 2.62. The third-order valence-corrected chi connectivity index (χ3v) is 5.95. The third kappa shape index (κ3) is 1.71. The van der Waals surface area contributed by atoms with E-state index in [9.17, 15) is 0 Å². The molecule has 16 heavy (non-hydrogen) atoms. The summed E-state index contributed by atoms with van der Waals surface area (Å²) in [5.41, 5.74) is 1.42. The molecule has 2 saturated carbocycles. The van der Waals surface area contributed by atoms with Crippen LogP contribution in [-0.2, 0) is 0 Å². The molecular weight excluding hydrogens is 262 g/mol. The van der Waals surface area contributed by atoms with E-state index in [4.69, 9.17) is 0 Å². The Labute approximate surface area is 106 Å². The average molecular weight is 280 g/mol. The molecule has 0 spiro atoms. The van der Waals surface area contributed by atoms with Crippen LogP contribution in [0.2, 0.25) is 0 Å². The lowest BCUT2D eigenvalue weighted by Crippen LogP contribution is -2.14. The topological polar surface area (TPSA) is 12.9 Å². The molecule has 0 aromatic carbocycles. The van der Waals surface area contributed by atoms with Gasteiger partial charge in [0.1, 0.15) is 0 Å². The minimum Gasteiger partial charge on any atom is -0.265 e. The van der Waals surface area contributed by atoms with Crippen LogP contribution in [0.15, 0.2) is 24.5 Å². The minimum absolute atomic E-state index is 0.610. The largest absolute Gasteiger partial charge is 0.265 e. The number of rotatable bonds is 3. The zero-order valence-corrected chi connectivity index (χ0v) is 11.2. The summed E-state index contributed by atoms with van der Waals surface area (Å²) < 4.78 is 0. The number of nitrogens with zero attached hydrogens (tertiary/aromatic N) is 1. The second-order valence-electron chi connectivity index (χ2n) is 5.35. The summed E-state index contributed by atoms with van der Waals surface area (Å²) in [6, 6.07) is 4.30. The van der Waals surface area contributed by atoms with Gasteiger partial charge in [-0.3, -0.25) is 4.98 Å². The van der Waals surface area contributed by atoms with Crippen molar-refractivity contribution < 1.29 is 0 Å². The number of hydrogen-bond donors (Lipinski definition) is 0. The summed E-state index contributed by atoms with van der Waals surface area (Å²) in [7, 11) is 0. The lowest BCUT2D eigenvalue weighted by molar-refractivity contribution is 0.530. The second kappa shape index (κ2) is 4.14. The van der Waals surface area contributed by atoms with E-state index in [1.807, 2.05) is 12.4 Å². The van der Waals surface area contributed by atoms with Crippen LogP contribution in [0, 0.1) is 17.8 Å². The minimum atomic E-state index is 0.610.